The summed E-state index contributed by atoms with van der Waals surface area (Å²) in [6.07, 6.45) is 3.56. The van der Waals surface area contributed by atoms with Crippen LogP contribution in [0.3, 0.4) is 0 Å². The lowest BCUT2D eigenvalue weighted by atomic mass is 10.1. The molecule has 0 heterocycles. The second-order valence-electron chi connectivity index (χ2n) is 3.44. The van der Waals surface area contributed by atoms with Gasteiger partial charge in [-0.3, -0.25) is 0 Å². The van der Waals surface area contributed by atoms with Gasteiger partial charge in [0.15, 0.2) is 0 Å². The van der Waals surface area contributed by atoms with E-state index in [9.17, 15) is 9.90 Å². The number of aliphatic hydroxyl groups is 1. The normalized spacial score (nSPS) is 11.7. The van der Waals surface area contributed by atoms with Gasteiger partial charge in [-0.15, -0.1) is 0 Å². The summed E-state index contributed by atoms with van der Waals surface area (Å²) in [5.74, 6) is -0.936. The first-order valence-corrected chi connectivity index (χ1v) is 4.59. The maximum absolute atomic E-state index is 10.9. The molecule has 0 unspecified atom stereocenters. The van der Waals surface area contributed by atoms with Crippen molar-refractivity contribution >= 4 is 5.97 Å². The van der Waals surface area contributed by atoms with Crippen LogP contribution in [0.15, 0.2) is 23.0 Å². The summed E-state index contributed by atoms with van der Waals surface area (Å²) in [6, 6.07) is 0. The van der Waals surface area contributed by atoms with Crippen molar-refractivity contribution in [1.82, 2.24) is 0 Å². The molecular weight excluding hydrogens is 180 g/mol. The van der Waals surface area contributed by atoms with Crippen LogP contribution in [0, 0.1) is 0 Å². The van der Waals surface area contributed by atoms with Gasteiger partial charge in [-0.2, -0.15) is 0 Å². The van der Waals surface area contributed by atoms with E-state index in [4.69, 9.17) is 0 Å². The van der Waals surface area contributed by atoms with E-state index in [2.05, 4.69) is 10.8 Å². The molecule has 80 valence electrons. The molecule has 3 heteroatoms. The van der Waals surface area contributed by atoms with E-state index < -0.39 is 5.97 Å². The minimum Gasteiger partial charge on any atom is -0.502 e. The second kappa shape index (κ2) is 6.24. The Bertz CT molecular complexity index is 258. The van der Waals surface area contributed by atoms with Crippen molar-refractivity contribution in [3.8, 4) is 0 Å². The molecule has 0 aliphatic heterocycles. The zero-order valence-electron chi connectivity index (χ0n) is 9.26. The van der Waals surface area contributed by atoms with Gasteiger partial charge in [-0.1, -0.05) is 11.6 Å². The Hall–Kier alpha value is -1.25. The quantitative estimate of drug-likeness (QED) is 0.327. The van der Waals surface area contributed by atoms with E-state index in [1.54, 1.807) is 6.92 Å². The number of carbonyl (C=O) groups excluding carboxylic acids is 1. The van der Waals surface area contributed by atoms with Crippen molar-refractivity contribution < 1.29 is 14.6 Å². The topological polar surface area (TPSA) is 46.5 Å². The van der Waals surface area contributed by atoms with Gasteiger partial charge in [0, 0.05) is 0 Å². The first-order valence-electron chi connectivity index (χ1n) is 4.59. The lowest BCUT2D eigenvalue weighted by Gasteiger charge is -2.02. The summed E-state index contributed by atoms with van der Waals surface area (Å²) >= 11 is 0. The number of hydrogen-bond acceptors (Lipinski definition) is 3. The highest BCUT2D eigenvalue weighted by molar-refractivity contribution is 5.86. The molecule has 0 radical (unpaired) electrons. The zero-order chi connectivity index (χ0) is 11.1. The van der Waals surface area contributed by atoms with Gasteiger partial charge in [0.1, 0.15) is 0 Å². The summed E-state index contributed by atoms with van der Waals surface area (Å²) in [7, 11) is 1.25. The van der Waals surface area contributed by atoms with Crippen LogP contribution < -0.4 is 0 Å². The molecular formula is C11H18O3. The highest BCUT2D eigenvalue weighted by Crippen LogP contribution is 2.11. The van der Waals surface area contributed by atoms with Crippen molar-refractivity contribution in [2.75, 3.05) is 7.11 Å². The standard InChI is InChI=1S/C11H18O3/c1-8(2)6-5-7-9(3)10(12)11(13)14-4/h6,12H,5,7H2,1-4H3/b10-9+. The van der Waals surface area contributed by atoms with E-state index in [0.717, 1.165) is 6.42 Å². The number of aliphatic hydroxyl groups excluding tert-OH is 1. The average molecular weight is 198 g/mol. The first kappa shape index (κ1) is 12.8. The number of carbonyl (C=O) groups is 1. The molecule has 0 saturated heterocycles. The Morgan fingerprint density at radius 2 is 1.93 bits per heavy atom. The third kappa shape index (κ3) is 4.70. The summed E-state index contributed by atoms with van der Waals surface area (Å²) in [5.41, 5.74) is 1.89. The summed E-state index contributed by atoms with van der Waals surface area (Å²) < 4.78 is 4.40. The molecule has 0 aliphatic rings. The highest BCUT2D eigenvalue weighted by atomic mass is 16.5. The molecule has 0 aromatic rings. The van der Waals surface area contributed by atoms with Crippen LogP contribution in [0.5, 0.6) is 0 Å². The fourth-order valence-corrected chi connectivity index (χ4v) is 0.967. The molecule has 0 aromatic carbocycles. The second-order valence-corrected chi connectivity index (χ2v) is 3.44. The lowest BCUT2D eigenvalue weighted by molar-refractivity contribution is -0.139. The van der Waals surface area contributed by atoms with Gasteiger partial charge < -0.3 is 9.84 Å². The van der Waals surface area contributed by atoms with E-state index in [1.165, 1.54) is 12.7 Å². The van der Waals surface area contributed by atoms with Gasteiger partial charge in [0.2, 0.25) is 5.76 Å². The summed E-state index contributed by atoms with van der Waals surface area (Å²) in [5, 5.41) is 9.34. The van der Waals surface area contributed by atoms with Crippen LogP contribution in [0.2, 0.25) is 0 Å². The SMILES string of the molecule is COC(=O)/C(O)=C(/C)CCC=C(C)C. The number of allylic oxidation sites excluding steroid dienone is 3. The van der Waals surface area contributed by atoms with Gasteiger partial charge >= 0.3 is 5.97 Å². The maximum atomic E-state index is 10.9. The predicted molar refractivity (Wildman–Crippen MR) is 56.0 cm³/mol. The molecule has 3 nitrogen and oxygen atoms in total. The van der Waals surface area contributed by atoms with Crippen LogP contribution in [-0.2, 0) is 9.53 Å². The Labute approximate surface area is 85.1 Å². The maximum Gasteiger partial charge on any atom is 0.373 e. The largest absolute Gasteiger partial charge is 0.502 e. The number of esters is 1. The highest BCUT2D eigenvalue weighted by Gasteiger charge is 2.10. The smallest absolute Gasteiger partial charge is 0.373 e. The van der Waals surface area contributed by atoms with Crippen LogP contribution in [0.4, 0.5) is 0 Å². The van der Waals surface area contributed by atoms with Crippen LogP contribution in [0.1, 0.15) is 33.6 Å². The average Bonchev–Trinajstić information content (AvgIpc) is 2.14. The van der Waals surface area contributed by atoms with Crippen LogP contribution in [0.25, 0.3) is 0 Å². The zero-order valence-corrected chi connectivity index (χ0v) is 9.26. The minimum atomic E-state index is -0.667. The molecule has 0 amide bonds. The first-order chi connectivity index (χ1) is 6.49. The van der Waals surface area contributed by atoms with Crippen LogP contribution in [-0.4, -0.2) is 18.2 Å². The van der Waals surface area contributed by atoms with Crippen molar-refractivity contribution in [2.24, 2.45) is 0 Å². The van der Waals surface area contributed by atoms with Crippen LogP contribution >= 0.6 is 0 Å². The molecule has 0 fully saturated rings. The van der Waals surface area contributed by atoms with Crippen molar-refractivity contribution in [1.29, 1.82) is 0 Å². The van der Waals surface area contributed by atoms with Gasteiger partial charge in [0.25, 0.3) is 0 Å². The van der Waals surface area contributed by atoms with E-state index in [0.29, 0.717) is 12.0 Å². The lowest BCUT2D eigenvalue weighted by Crippen LogP contribution is -2.06. The minimum absolute atomic E-state index is 0.269. The molecule has 1 N–H and O–H groups in total. The third-order valence-electron chi connectivity index (χ3n) is 1.85. The number of hydrogen-bond donors (Lipinski definition) is 1. The van der Waals surface area contributed by atoms with Gasteiger partial charge in [-0.05, 0) is 39.2 Å². The van der Waals surface area contributed by atoms with Crippen molar-refractivity contribution in [2.45, 2.75) is 33.6 Å². The summed E-state index contributed by atoms with van der Waals surface area (Å²) in [6.45, 7) is 5.75. The van der Waals surface area contributed by atoms with E-state index in [-0.39, 0.29) is 5.76 Å². The number of rotatable bonds is 4. The van der Waals surface area contributed by atoms with E-state index >= 15 is 0 Å². The molecule has 0 spiro atoms. The molecule has 14 heavy (non-hydrogen) atoms. The van der Waals surface area contributed by atoms with Gasteiger partial charge in [-0.25, -0.2) is 4.79 Å². The van der Waals surface area contributed by atoms with Gasteiger partial charge in [0.05, 0.1) is 7.11 Å². The molecule has 0 rings (SSSR count). The molecule has 0 atom stereocenters. The Kier molecular flexibility index (Phi) is 5.68. The molecule has 0 bridgehead atoms. The molecule has 0 aliphatic carbocycles. The summed E-state index contributed by atoms with van der Waals surface area (Å²) in [4.78, 5) is 10.9. The number of ether oxygens (including phenoxy) is 1. The Morgan fingerprint density at radius 3 is 2.36 bits per heavy atom. The third-order valence-corrected chi connectivity index (χ3v) is 1.85. The Balaban J connectivity index is 4.24. The fraction of sp³-hybridized carbons (Fsp3) is 0.545. The number of methoxy groups -OCH3 is 1. The molecule has 0 aromatic heterocycles. The predicted octanol–water partition coefficient (Wildman–Crippen LogP) is 2.74. The monoisotopic (exact) mass is 198 g/mol. The molecule has 0 saturated carbocycles. The van der Waals surface area contributed by atoms with E-state index in [1.807, 2.05) is 13.8 Å². The fourth-order valence-electron chi connectivity index (χ4n) is 0.967. The van der Waals surface area contributed by atoms with Crippen molar-refractivity contribution in [3.05, 3.63) is 23.0 Å². The van der Waals surface area contributed by atoms with Crippen molar-refractivity contribution in [3.63, 3.8) is 0 Å². The Morgan fingerprint density at radius 1 is 1.36 bits per heavy atom.